The maximum Gasteiger partial charge on any atom is 0.259 e. The molecule has 6 nitrogen and oxygen atoms in total. The SMILES string of the molecule is COc1cc(=O)n2c(c1C(=O)N1CCc3ccccc3C1)CCN(C[C@@H](C)c1ccccc1)CC2. The van der Waals surface area contributed by atoms with Crippen LogP contribution in [0.1, 0.15) is 45.6 Å². The minimum atomic E-state index is -0.102. The van der Waals surface area contributed by atoms with Crippen LogP contribution in [0, 0.1) is 0 Å². The Morgan fingerprint density at radius 1 is 0.943 bits per heavy atom. The number of ether oxygens (including phenoxy) is 1. The fraction of sp³-hybridized carbons (Fsp3) is 0.379. The van der Waals surface area contributed by atoms with E-state index in [4.69, 9.17) is 4.74 Å². The molecule has 0 bridgehead atoms. The Labute approximate surface area is 206 Å². The van der Waals surface area contributed by atoms with Crippen LogP contribution in [-0.2, 0) is 25.9 Å². The van der Waals surface area contributed by atoms with Gasteiger partial charge in [-0.15, -0.1) is 0 Å². The normalized spacial score (nSPS) is 16.7. The van der Waals surface area contributed by atoms with Crippen LogP contribution in [0.5, 0.6) is 5.75 Å². The second-order valence-electron chi connectivity index (χ2n) is 9.63. The molecule has 3 heterocycles. The Hall–Kier alpha value is -3.38. The van der Waals surface area contributed by atoms with Crippen LogP contribution in [0.2, 0.25) is 0 Å². The lowest BCUT2D eigenvalue weighted by atomic mass is 9.98. The third kappa shape index (κ3) is 4.76. The Balaban J connectivity index is 1.41. The van der Waals surface area contributed by atoms with E-state index in [2.05, 4.69) is 48.2 Å². The average Bonchev–Trinajstić information content (AvgIpc) is 3.11. The molecule has 0 N–H and O–H groups in total. The number of benzene rings is 2. The summed E-state index contributed by atoms with van der Waals surface area (Å²) >= 11 is 0. The maximum atomic E-state index is 13.8. The van der Waals surface area contributed by atoms with Crippen LogP contribution in [0.25, 0.3) is 0 Å². The molecular weight excluding hydrogens is 438 g/mol. The first-order valence-corrected chi connectivity index (χ1v) is 12.5. The summed E-state index contributed by atoms with van der Waals surface area (Å²) in [4.78, 5) is 31.1. The smallest absolute Gasteiger partial charge is 0.259 e. The molecule has 5 rings (SSSR count). The van der Waals surface area contributed by atoms with Crippen molar-refractivity contribution in [2.45, 2.75) is 38.8 Å². The zero-order chi connectivity index (χ0) is 24.4. The largest absolute Gasteiger partial charge is 0.496 e. The van der Waals surface area contributed by atoms with Gasteiger partial charge in [0.05, 0.1) is 7.11 Å². The van der Waals surface area contributed by atoms with Crippen LogP contribution >= 0.6 is 0 Å². The average molecular weight is 472 g/mol. The van der Waals surface area contributed by atoms with Crippen molar-refractivity contribution in [3.05, 3.63) is 99.0 Å². The number of carbonyl (C=O) groups excluding carboxylic acids is 1. The van der Waals surface area contributed by atoms with Gasteiger partial charge in [-0.3, -0.25) is 9.59 Å². The van der Waals surface area contributed by atoms with Crippen molar-refractivity contribution in [3.8, 4) is 5.75 Å². The lowest BCUT2D eigenvalue weighted by Crippen LogP contribution is -2.38. The highest BCUT2D eigenvalue weighted by molar-refractivity contribution is 5.98. The van der Waals surface area contributed by atoms with Crippen molar-refractivity contribution in [3.63, 3.8) is 0 Å². The molecule has 3 aromatic rings. The summed E-state index contributed by atoms with van der Waals surface area (Å²) in [6.45, 7) is 6.55. The first kappa shape index (κ1) is 23.4. The van der Waals surface area contributed by atoms with Gasteiger partial charge >= 0.3 is 0 Å². The van der Waals surface area contributed by atoms with E-state index in [0.717, 1.165) is 31.7 Å². The van der Waals surface area contributed by atoms with Crippen LogP contribution in [0.3, 0.4) is 0 Å². The Morgan fingerprint density at radius 3 is 2.46 bits per heavy atom. The lowest BCUT2D eigenvalue weighted by molar-refractivity contribution is 0.0728. The molecule has 0 aliphatic carbocycles. The molecule has 1 aromatic heterocycles. The van der Waals surface area contributed by atoms with E-state index in [1.54, 1.807) is 11.7 Å². The molecule has 0 radical (unpaired) electrons. The summed E-state index contributed by atoms with van der Waals surface area (Å²) in [5.41, 5.74) is 5.04. The molecule has 1 atom stereocenters. The lowest BCUT2D eigenvalue weighted by Gasteiger charge is -2.30. The second-order valence-corrected chi connectivity index (χ2v) is 9.63. The van der Waals surface area contributed by atoms with E-state index in [-0.39, 0.29) is 11.5 Å². The number of amides is 1. The molecule has 0 saturated carbocycles. The van der Waals surface area contributed by atoms with Gasteiger partial charge < -0.3 is 19.1 Å². The topological polar surface area (TPSA) is 54.8 Å². The number of rotatable bonds is 5. The molecule has 35 heavy (non-hydrogen) atoms. The van der Waals surface area contributed by atoms with Crippen molar-refractivity contribution in [1.29, 1.82) is 0 Å². The van der Waals surface area contributed by atoms with Gasteiger partial charge in [-0.05, 0) is 29.0 Å². The van der Waals surface area contributed by atoms with Crippen LogP contribution in [-0.4, -0.2) is 53.6 Å². The summed E-state index contributed by atoms with van der Waals surface area (Å²) in [7, 11) is 1.54. The first-order valence-electron chi connectivity index (χ1n) is 12.5. The van der Waals surface area contributed by atoms with E-state index in [0.29, 0.717) is 43.3 Å². The molecule has 2 aliphatic rings. The number of hydrogen-bond donors (Lipinski definition) is 0. The predicted octanol–water partition coefficient (Wildman–Crippen LogP) is 3.72. The number of nitrogens with zero attached hydrogens (tertiary/aromatic N) is 3. The van der Waals surface area contributed by atoms with E-state index in [1.807, 2.05) is 23.1 Å². The number of methoxy groups -OCH3 is 1. The van der Waals surface area contributed by atoms with Gasteiger partial charge in [0.25, 0.3) is 11.5 Å². The number of carbonyl (C=O) groups is 1. The zero-order valence-corrected chi connectivity index (χ0v) is 20.6. The van der Waals surface area contributed by atoms with E-state index in [9.17, 15) is 9.59 Å². The molecular formula is C29H33N3O3. The first-order chi connectivity index (χ1) is 17.0. The molecule has 2 aliphatic heterocycles. The second kappa shape index (κ2) is 10.1. The summed E-state index contributed by atoms with van der Waals surface area (Å²) in [5, 5.41) is 0. The van der Waals surface area contributed by atoms with Crippen molar-refractivity contribution in [2.24, 2.45) is 0 Å². The fourth-order valence-electron chi connectivity index (χ4n) is 5.47. The minimum Gasteiger partial charge on any atom is -0.496 e. The molecule has 0 unspecified atom stereocenters. The van der Waals surface area contributed by atoms with Gasteiger partial charge in [-0.25, -0.2) is 0 Å². The summed E-state index contributed by atoms with van der Waals surface area (Å²) in [5.74, 6) is 0.723. The minimum absolute atomic E-state index is 0.0498. The monoisotopic (exact) mass is 471 g/mol. The van der Waals surface area contributed by atoms with Crippen LogP contribution in [0.4, 0.5) is 0 Å². The van der Waals surface area contributed by atoms with E-state index in [1.165, 1.54) is 22.8 Å². The van der Waals surface area contributed by atoms with Crippen molar-refractivity contribution in [2.75, 3.05) is 33.3 Å². The molecule has 1 amide bonds. The molecule has 0 saturated heterocycles. The Bertz CT molecular complexity index is 1270. The third-order valence-corrected chi connectivity index (χ3v) is 7.44. The zero-order valence-electron chi connectivity index (χ0n) is 20.6. The Kier molecular flexibility index (Phi) is 6.73. The van der Waals surface area contributed by atoms with Gasteiger partial charge in [-0.2, -0.15) is 0 Å². The third-order valence-electron chi connectivity index (χ3n) is 7.44. The molecule has 6 heteroatoms. The number of hydrogen-bond acceptors (Lipinski definition) is 4. The summed E-state index contributed by atoms with van der Waals surface area (Å²) in [6.07, 6.45) is 1.48. The molecule has 2 aromatic carbocycles. The van der Waals surface area contributed by atoms with Crippen molar-refractivity contribution in [1.82, 2.24) is 14.4 Å². The standard InChI is InChI=1S/C29H33N3O3/c1-21(22-8-4-3-5-9-22)19-30-14-13-25-28(26(35-2)18-27(33)32(25)17-16-30)29(34)31-15-12-23-10-6-7-11-24(23)20-31/h3-11,18,21H,12-17,19-20H2,1-2H3/t21-/m1/s1. The summed E-state index contributed by atoms with van der Waals surface area (Å²) < 4.78 is 7.38. The summed E-state index contributed by atoms with van der Waals surface area (Å²) in [6, 6.07) is 20.3. The van der Waals surface area contributed by atoms with Gasteiger partial charge in [-0.1, -0.05) is 61.5 Å². The Morgan fingerprint density at radius 2 is 1.69 bits per heavy atom. The van der Waals surface area contributed by atoms with Gasteiger partial charge in [0.2, 0.25) is 0 Å². The maximum absolute atomic E-state index is 13.8. The molecule has 0 spiro atoms. The van der Waals surface area contributed by atoms with Gasteiger partial charge in [0.1, 0.15) is 11.3 Å². The predicted molar refractivity (Wildman–Crippen MR) is 137 cm³/mol. The highest BCUT2D eigenvalue weighted by Crippen LogP contribution is 2.28. The van der Waals surface area contributed by atoms with Gasteiger partial charge in [0.15, 0.2) is 0 Å². The molecule has 0 fully saturated rings. The highest BCUT2D eigenvalue weighted by atomic mass is 16.5. The molecule has 182 valence electrons. The fourth-order valence-corrected chi connectivity index (χ4v) is 5.47. The number of fused-ring (bicyclic) bond motifs is 2. The van der Waals surface area contributed by atoms with Crippen molar-refractivity contribution >= 4 is 5.91 Å². The quantitative estimate of drug-likeness (QED) is 0.569. The van der Waals surface area contributed by atoms with Crippen LogP contribution in [0.15, 0.2) is 65.5 Å². The van der Waals surface area contributed by atoms with Crippen molar-refractivity contribution < 1.29 is 9.53 Å². The van der Waals surface area contributed by atoms with E-state index >= 15 is 0 Å². The van der Waals surface area contributed by atoms with Crippen LogP contribution < -0.4 is 10.3 Å². The highest BCUT2D eigenvalue weighted by Gasteiger charge is 2.30. The van der Waals surface area contributed by atoms with E-state index < -0.39 is 0 Å². The number of pyridine rings is 1. The number of aromatic nitrogens is 1. The van der Waals surface area contributed by atoms with Gasteiger partial charge in [0, 0.05) is 57.4 Å².